The van der Waals surface area contributed by atoms with Gasteiger partial charge in [0.2, 0.25) is 5.43 Å². The summed E-state index contributed by atoms with van der Waals surface area (Å²) in [6.45, 7) is 2.02. The Morgan fingerprint density at radius 3 is 2.94 bits per heavy atom. The molecule has 4 heteroatoms. The first kappa shape index (κ1) is 10.1. The first-order valence-electron chi connectivity index (χ1n) is 5.49. The summed E-state index contributed by atoms with van der Waals surface area (Å²) in [5.74, 6) is -1.16. The van der Waals surface area contributed by atoms with E-state index in [-0.39, 0.29) is 17.0 Å². The maximum absolute atomic E-state index is 12.0. The molecule has 1 aromatic carbocycles. The molecule has 0 saturated heterocycles. The van der Waals surface area contributed by atoms with Crippen LogP contribution in [0.25, 0.3) is 10.9 Å². The Bertz CT molecular complexity index is 700. The van der Waals surface area contributed by atoms with Crippen LogP contribution in [0.5, 0.6) is 0 Å². The van der Waals surface area contributed by atoms with E-state index in [1.165, 1.54) is 6.20 Å². The third-order valence-electron chi connectivity index (χ3n) is 3.36. The minimum Gasteiger partial charge on any atom is -0.477 e. The Balaban J connectivity index is 2.53. The summed E-state index contributed by atoms with van der Waals surface area (Å²) in [4.78, 5) is 23.1. The molecule has 0 saturated carbocycles. The monoisotopic (exact) mass is 229 g/mol. The van der Waals surface area contributed by atoms with Gasteiger partial charge in [-0.15, -0.1) is 0 Å². The van der Waals surface area contributed by atoms with Gasteiger partial charge in [0, 0.05) is 17.6 Å². The molecule has 0 fully saturated rings. The van der Waals surface area contributed by atoms with E-state index < -0.39 is 5.97 Å². The van der Waals surface area contributed by atoms with Gasteiger partial charge in [0.25, 0.3) is 0 Å². The van der Waals surface area contributed by atoms with Crippen molar-refractivity contribution in [1.82, 2.24) is 4.57 Å². The number of nitrogens with zero attached hydrogens (tertiary/aromatic N) is 1. The fourth-order valence-electron chi connectivity index (χ4n) is 2.57. The second kappa shape index (κ2) is 3.20. The van der Waals surface area contributed by atoms with Crippen LogP contribution in [0, 0.1) is 0 Å². The Labute approximate surface area is 97.1 Å². The first-order valence-corrected chi connectivity index (χ1v) is 5.49. The number of hydrogen-bond donors (Lipinski definition) is 1. The van der Waals surface area contributed by atoms with Gasteiger partial charge in [-0.3, -0.25) is 4.79 Å². The summed E-state index contributed by atoms with van der Waals surface area (Å²) >= 11 is 0. The summed E-state index contributed by atoms with van der Waals surface area (Å²) in [5.41, 5.74) is 1.46. The highest BCUT2D eigenvalue weighted by atomic mass is 16.4. The third-order valence-corrected chi connectivity index (χ3v) is 3.36. The molecule has 2 aromatic rings. The smallest absolute Gasteiger partial charge is 0.341 e. The predicted octanol–water partition coefficient (Wildman–Crippen LogP) is 1.82. The molecule has 17 heavy (non-hydrogen) atoms. The second-order valence-electron chi connectivity index (χ2n) is 4.45. The molecule has 0 spiro atoms. The normalized spacial score (nSPS) is 17.6. The molecule has 86 valence electrons. The summed E-state index contributed by atoms with van der Waals surface area (Å²) in [5, 5.41) is 9.54. The molecule has 0 amide bonds. The van der Waals surface area contributed by atoms with Gasteiger partial charge in [-0.1, -0.05) is 12.1 Å². The van der Waals surface area contributed by atoms with Crippen LogP contribution in [0.15, 0.2) is 29.2 Å². The number of carbonyl (C=O) groups is 1. The lowest BCUT2D eigenvalue weighted by molar-refractivity contribution is 0.0695. The number of benzene rings is 1. The lowest BCUT2D eigenvalue weighted by Gasteiger charge is -2.10. The molecule has 0 aliphatic carbocycles. The zero-order valence-corrected chi connectivity index (χ0v) is 9.30. The quantitative estimate of drug-likeness (QED) is 0.811. The average molecular weight is 229 g/mol. The van der Waals surface area contributed by atoms with Crippen LogP contribution in [-0.4, -0.2) is 15.6 Å². The summed E-state index contributed by atoms with van der Waals surface area (Å²) < 4.78 is 1.90. The van der Waals surface area contributed by atoms with Crippen LogP contribution in [-0.2, 0) is 6.42 Å². The number of rotatable bonds is 1. The lowest BCUT2D eigenvalue weighted by Crippen LogP contribution is -2.18. The fraction of sp³-hybridized carbons (Fsp3) is 0.231. The van der Waals surface area contributed by atoms with E-state index in [0.717, 1.165) is 17.5 Å². The van der Waals surface area contributed by atoms with Gasteiger partial charge in [0.1, 0.15) is 5.56 Å². The van der Waals surface area contributed by atoms with Gasteiger partial charge in [-0.05, 0) is 25.0 Å². The van der Waals surface area contributed by atoms with Crippen LogP contribution in [0.1, 0.15) is 28.9 Å². The SMILES string of the molecule is CC1Cc2cccc3c(=O)c(C(=O)O)cn1c23. The predicted molar refractivity (Wildman–Crippen MR) is 63.6 cm³/mol. The topological polar surface area (TPSA) is 59.3 Å². The first-order chi connectivity index (χ1) is 8.09. The maximum Gasteiger partial charge on any atom is 0.341 e. The van der Waals surface area contributed by atoms with Gasteiger partial charge < -0.3 is 9.67 Å². The fourth-order valence-corrected chi connectivity index (χ4v) is 2.57. The average Bonchev–Trinajstić information content (AvgIpc) is 2.60. The Morgan fingerprint density at radius 2 is 2.24 bits per heavy atom. The van der Waals surface area contributed by atoms with Crippen molar-refractivity contribution in [3.63, 3.8) is 0 Å². The zero-order chi connectivity index (χ0) is 12.2. The third kappa shape index (κ3) is 1.24. The minimum atomic E-state index is -1.16. The number of aromatic nitrogens is 1. The molecular formula is C13H11NO3. The van der Waals surface area contributed by atoms with Crippen molar-refractivity contribution in [2.75, 3.05) is 0 Å². The number of aromatic carboxylic acids is 1. The molecule has 1 aromatic heterocycles. The zero-order valence-electron chi connectivity index (χ0n) is 9.30. The molecule has 0 radical (unpaired) electrons. The Kier molecular flexibility index (Phi) is 1.90. The molecular weight excluding hydrogens is 218 g/mol. The van der Waals surface area contributed by atoms with Crippen molar-refractivity contribution in [3.8, 4) is 0 Å². The van der Waals surface area contributed by atoms with E-state index in [1.807, 2.05) is 23.6 Å². The van der Waals surface area contributed by atoms with Crippen LogP contribution < -0.4 is 5.43 Å². The van der Waals surface area contributed by atoms with Crippen LogP contribution >= 0.6 is 0 Å². The van der Waals surface area contributed by atoms with Crippen molar-refractivity contribution in [3.05, 3.63) is 45.7 Å². The van der Waals surface area contributed by atoms with Crippen molar-refractivity contribution in [2.24, 2.45) is 0 Å². The van der Waals surface area contributed by atoms with E-state index >= 15 is 0 Å². The summed E-state index contributed by atoms with van der Waals surface area (Å²) in [6.07, 6.45) is 2.31. The highest BCUT2D eigenvalue weighted by Gasteiger charge is 2.23. The van der Waals surface area contributed by atoms with Crippen molar-refractivity contribution in [2.45, 2.75) is 19.4 Å². The van der Waals surface area contributed by atoms with Crippen molar-refractivity contribution in [1.29, 1.82) is 0 Å². The molecule has 1 unspecified atom stereocenters. The van der Waals surface area contributed by atoms with E-state index in [1.54, 1.807) is 6.07 Å². The van der Waals surface area contributed by atoms with Gasteiger partial charge in [-0.2, -0.15) is 0 Å². The molecule has 3 rings (SSSR count). The molecule has 1 aliphatic heterocycles. The summed E-state index contributed by atoms with van der Waals surface area (Å²) in [6, 6.07) is 5.70. The highest BCUT2D eigenvalue weighted by Crippen LogP contribution is 2.30. The Hall–Kier alpha value is -2.10. The Morgan fingerprint density at radius 1 is 1.47 bits per heavy atom. The molecule has 1 N–H and O–H groups in total. The number of hydrogen-bond acceptors (Lipinski definition) is 2. The lowest BCUT2D eigenvalue weighted by atomic mass is 10.1. The molecule has 0 bridgehead atoms. The number of para-hydroxylation sites is 1. The number of carboxylic acids is 1. The van der Waals surface area contributed by atoms with Crippen LogP contribution in [0.2, 0.25) is 0 Å². The van der Waals surface area contributed by atoms with E-state index in [0.29, 0.717) is 5.39 Å². The van der Waals surface area contributed by atoms with Crippen molar-refractivity contribution >= 4 is 16.9 Å². The number of carboxylic acid groups (broad SMARTS) is 1. The van der Waals surface area contributed by atoms with Gasteiger partial charge in [0.05, 0.1) is 5.52 Å². The van der Waals surface area contributed by atoms with Crippen LogP contribution in [0.4, 0.5) is 0 Å². The van der Waals surface area contributed by atoms with E-state index in [9.17, 15) is 9.59 Å². The molecule has 4 nitrogen and oxygen atoms in total. The van der Waals surface area contributed by atoms with Gasteiger partial charge in [-0.25, -0.2) is 4.79 Å². The molecule has 1 atom stereocenters. The van der Waals surface area contributed by atoms with Gasteiger partial charge in [0.15, 0.2) is 0 Å². The van der Waals surface area contributed by atoms with E-state index in [2.05, 4.69) is 0 Å². The molecule has 1 aliphatic rings. The van der Waals surface area contributed by atoms with Crippen LogP contribution in [0.3, 0.4) is 0 Å². The summed E-state index contributed by atoms with van der Waals surface area (Å²) in [7, 11) is 0. The van der Waals surface area contributed by atoms with E-state index in [4.69, 9.17) is 5.11 Å². The van der Waals surface area contributed by atoms with Gasteiger partial charge >= 0.3 is 5.97 Å². The maximum atomic E-state index is 12.0. The second-order valence-corrected chi connectivity index (χ2v) is 4.45. The highest BCUT2D eigenvalue weighted by molar-refractivity contribution is 5.94. The largest absolute Gasteiger partial charge is 0.477 e. The minimum absolute atomic E-state index is 0.150. The standard InChI is InChI=1S/C13H11NO3/c1-7-5-8-3-2-4-9-11(8)14(7)6-10(12(9)15)13(16)17/h2-4,6-7H,5H2,1H3,(H,16,17). The number of pyridine rings is 1. The van der Waals surface area contributed by atoms with Crippen molar-refractivity contribution < 1.29 is 9.90 Å². The molecule has 2 heterocycles.